The predicted molar refractivity (Wildman–Crippen MR) is 142 cm³/mol. The number of thioether (sulfide) groups is 1. The Kier molecular flexibility index (Phi) is 8.53. The molecule has 0 aliphatic heterocycles. The van der Waals surface area contributed by atoms with Crippen LogP contribution < -0.4 is 5.32 Å². The predicted octanol–water partition coefficient (Wildman–Crippen LogP) is 4.08. The van der Waals surface area contributed by atoms with E-state index in [9.17, 15) is 19.0 Å². The number of allylic oxidation sites excluding steroid dienone is 4. The number of nitrogens with zero attached hydrogens (tertiary/aromatic N) is 5. The molecule has 2 aromatic rings. The monoisotopic (exact) mass is 566 g/mol. The molecule has 0 amide bonds. The lowest BCUT2D eigenvalue weighted by Crippen LogP contribution is -2.33. The van der Waals surface area contributed by atoms with E-state index in [1.807, 2.05) is 0 Å². The first-order valence-corrected chi connectivity index (χ1v) is 14.5. The molecule has 2 heterocycles. The molecule has 6 atom stereocenters. The first kappa shape index (κ1) is 28.3. The van der Waals surface area contributed by atoms with Gasteiger partial charge in [-0.3, -0.25) is 0 Å². The zero-order valence-electron chi connectivity index (χ0n) is 22.4. The summed E-state index contributed by atoms with van der Waals surface area (Å²) in [5.41, 5.74) is 1.06. The third-order valence-corrected chi connectivity index (χ3v) is 8.29. The molecular weight excluding hydrogens is 530 g/mol. The first-order chi connectivity index (χ1) is 18.7. The molecule has 10 nitrogen and oxygen atoms in total. The van der Waals surface area contributed by atoms with E-state index < -0.39 is 23.5 Å². The van der Waals surface area contributed by atoms with Gasteiger partial charge in [-0.2, -0.15) is 0 Å². The number of fused-ring (bicyclic) bond motifs is 1. The van der Waals surface area contributed by atoms with E-state index in [1.165, 1.54) is 12.2 Å². The number of hydrogen-bond acceptors (Lipinski definition) is 10. The summed E-state index contributed by atoms with van der Waals surface area (Å²) >= 11 is 1.54. The van der Waals surface area contributed by atoms with Gasteiger partial charge < -0.3 is 25.0 Å². The summed E-state index contributed by atoms with van der Waals surface area (Å²) in [5, 5.41) is 32.5. The molecule has 3 N–H and O–H groups in total. The van der Waals surface area contributed by atoms with Gasteiger partial charge in [0.15, 0.2) is 39.6 Å². The van der Waals surface area contributed by atoms with Crippen LogP contribution >= 0.6 is 11.8 Å². The van der Waals surface area contributed by atoms with Crippen LogP contribution in [0.4, 0.5) is 14.6 Å². The summed E-state index contributed by atoms with van der Waals surface area (Å²) in [7, 11) is 0. The molecule has 2 aromatic heterocycles. The van der Waals surface area contributed by atoms with E-state index in [4.69, 9.17) is 19.4 Å². The largest absolute Gasteiger partial charge is 0.394 e. The van der Waals surface area contributed by atoms with Crippen LogP contribution in [0.2, 0.25) is 0 Å². The SMILES string of the molecule is CCCSc1nc(N[C@@H]2C[C@H]2C2C=C(F)C(F)=CC2)c2nnn([C@@H]3C[C@H](OCCO)C[C@H]3OC(C)(C)O)c2n1. The number of aliphatic hydroxyl groups is 2. The normalized spacial score (nSPS) is 29.0. The van der Waals surface area contributed by atoms with Crippen LogP contribution in [-0.4, -0.2) is 78.2 Å². The summed E-state index contributed by atoms with van der Waals surface area (Å²) in [5.74, 6) is -1.44. The summed E-state index contributed by atoms with van der Waals surface area (Å²) in [6.07, 6.45) is 5.42. The zero-order chi connectivity index (χ0) is 27.7. The van der Waals surface area contributed by atoms with Gasteiger partial charge in [0.25, 0.3) is 0 Å². The van der Waals surface area contributed by atoms with E-state index in [0.717, 1.165) is 18.6 Å². The van der Waals surface area contributed by atoms with Gasteiger partial charge in [0.05, 0.1) is 31.5 Å². The Balaban J connectivity index is 1.42. The van der Waals surface area contributed by atoms with E-state index in [0.29, 0.717) is 41.4 Å². The second kappa shape index (κ2) is 11.7. The maximum Gasteiger partial charge on any atom is 0.191 e. The molecule has 1 unspecified atom stereocenters. The lowest BCUT2D eigenvalue weighted by Gasteiger charge is -2.27. The fraction of sp³-hybridized carbons (Fsp3) is 0.692. The highest BCUT2D eigenvalue weighted by Gasteiger charge is 2.44. The molecule has 39 heavy (non-hydrogen) atoms. The molecular formula is C26H36F2N6O4S. The lowest BCUT2D eigenvalue weighted by atomic mass is 9.94. The molecule has 3 aliphatic carbocycles. The minimum Gasteiger partial charge on any atom is -0.394 e. The van der Waals surface area contributed by atoms with Crippen LogP contribution in [-0.2, 0) is 9.47 Å². The molecule has 0 saturated heterocycles. The van der Waals surface area contributed by atoms with Gasteiger partial charge in [-0.1, -0.05) is 23.9 Å². The zero-order valence-corrected chi connectivity index (χ0v) is 23.2. The van der Waals surface area contributed by atoms with E-state index in [-0.39, 0.29) is 43.2 Å². The Morgan fingerprint density at radius 2 is 2.03 bits per heavy atom. The maximum atomic E-state index is 13.8. The Morgan fingerprint density at radius 3 is 2.74 bits per heavy atom. The molecule has 2 fully saturated rings. The van der Waals surface area contributed by atoms with Crippen LogP contribution in [0.15, 0.2) is 29.0 Å². The third-order valence-electron chi connectivity index (χ3n) is 7.24. The van der Waals surface area contributed by atoms with Gasteiger partial charge >= 0.3 is 0 Å². The molecule has 0 bridgehead atoms. The summed E-state index contributed by atoms with van der Waals surface area (Å²) in [6.45, 7) is 5.38. The Hall–Kier alpha value is -2.19. The van der Waals surface area contributed by atoms with Crippen LogP contribution in [0.1, 0.15) is 58.9 Å². The van der Waals surface area contributed by atoms with Crippen molar-refractivity contribution in [3.8, 4) is 0 Å². The fourth-order valence-electron chi connectivity index (χ4n) is 5.44. The van der Waals surface area contributed by atoms with Gasteiger partial charge in [0, 0.05) is 18.2 Å². The second-order valence-electron chi connectivity index (χ2n) is 10.9. The average molecular weight is 567 g/mol. The van der Waals surface area contributed by atoms with Gasteiger partial charge in [0.2, 0.25) is 0 Å². The van der Waals surface area contributed by atoms with Crippen molar-refractivity contribution in [2.45, 2.75) is 88.1 Å². The number of nitrogens with one attached hydrogen (secondary N) is 1. The van der Waals surface area contributed by atoms with Crippen molar-refractivity contribution in [3.63, 3.8) is 0 Å². The van der Waals surface area contributed by atoms with Gasteiger partial charge in [-0.05, 0) is 63.5 Å². The summed E-state index contributed by atoms with van der Waals surface area (Å²) in [4.78, 5) is 9.53. The quantitative estimate of drug-likeness (QED) is 0.196. The van der Waals surface area contributed by atoms with Gasteiger partial charge in [-0.15, -0.1) is 5.10 Å². The topological polar surface area (TPSA) is 127 Å². The lowest BCUT2D eigenvalue weighted by molar-refractivity contribution is -0.212. The molecule has 0 spiro atoms. The highest BCUT2D eigenvalue weighted by Crippen LogP contribution is 2.45. The smallest absolute Gasteiger partial charge is 0.191 e. The summed E-state index contributed by atoms with van der Waals surface area (Å²) in [6, 6.07) is -0.252. The fourth-order valence-corrected chi connectivity index (χ4v) is 6.13. The van der Waals surface area contributed by atoms with Crippen LogP contribution in [0.3, 0.4) is 0 Å². The van der Waals surface area contributed by atoms with Crippen molar-refractivity contribution in [2.75, 3.05) is 24.3 Å². The minimum absolute atomic E-state index is 0.0508. The first-order valence-electron chi connectivity index (χ1n) is 13.5. The number of aliphatic hydroxyl groups excluding tert-OH is 1. The van der Waals surface area contributed by atoms with Crippen molar-refractivity contribution in [2.24, 2.45) is 11.8 Å². The van der Waals surface area contributed by atoms with Crippen LogP contribution in [0, 0.1) is 11.8 Å². The second-order valence-corrected chi connectivity index (χ2v) is 11.9. The highest BCUT2D eigenvalue weighted by atomic mass is 32.2. The van der Waals surface area contributed by atoms with E-state index in [2.05, 4.69) is 22.6 Å². The number of ether oxygens (including phenoxy) is 2. The van der Waals surface area contributed by atoms with Crippen molar-refractivity contribution < 1.29 is 28.5 Å². The van der Waals surface area contributed by atoms with Crippen LogP contribution in [0.5, 0.6) is 0 Å². The molecule has 13 heteroatoms. The van der Waals surface area contributed by atoms with Crippen molar-refractivity contribution >= 4 is 28.7 Å². The average Bonchev–Trinajstić information content (AvgIpc) is 3.34. The highest BCUT2D eigenvalue weighted by molar-refractivity contribution is 7.99. The molecule has 214 valence electrons. The third kappa shape index (κ3) is 6.59. The molecule has 2 saturated carbocycles. The van der Waals surface area contributed by atoms with E-state index in [1.54, 1.807) is 30.3 Å². The van der Waals surface area contributed by atoms with Crippen molar-refractivity contribution in [1.29, 1.82) is 0 Å². The van der Waals surface area contributed by atoms with E-state index >= 15 is 0 Å². The standard InChI is InChI=1S/C26H36F2N6O4S/c1-4-9-39-25-30-23(29-19-13-16(19)14-5-6-17(27)18(28)10-14)22-24(31-25)34(33-32-22)20-11-15(37-8-7-35)12-21(20)38-26(2,3)36/h6,10,14-16,19-21,35-36H,4-5,7-9,11-13H2,1-3H3,(H,29,30,31)/t14?,15-,16-,19+,20+,21+/m0/s1. The summed E-state index contributed by atoms with van der Waals surface area (Å²) < 4.78 is 40.8. The number of halogens is 2. The van der Waals surface area contributed by atoms with Crippen LogP contribution in [0.25, 0.3) is 11.2 Å². The number of hydrogen-bond donors (Lipinski definition) is 3. The minimum atomic E-state index is -1.36. The molecule has 5 rings (SSSR count). The van der Waals surface area contributed by atoms with Crippen molar-refractivity contribution in [3.05, 3.63) is 23.8 Å². The molecule has 0 radical (unpaired) electrons. The Bertz CT molecular complexity index is 1230. The van der Waals surface area contributed by atoms with Crippen molar-refractivity contribution in [1.82, 2.24) is 25.0 Å². The maximum absolute atomic E-state index is 13.8. The number of anilines is 1. The Labute approximate surface area is 230 Å². The Morgan fingerprint density at radius 1 is 1.21 bits per heavy atom. The molecule has 0 aromatic carbocycles. The number of aromatic nitrogens is 5. The molecule has 3 aliphatic rings. The van der Waals surface area contributed by atoms with Gasteiger partial charge in [0.1, 0.15) is 0 Å². The number of rotatable bonds is 12. The van der Waals surface area contributed by atoms with Gasteiger partial charge in [-0.25, -0.2) is 23.4 Å².